The lowest BCUT2D eigenvalue weighted by atomic mass is 10.1. The van der Waals surface area contributed by atoms with Crippen molar-refractivity contribution in [2.24, 2.45) is 5.73 Å². The van der Waals surface area contributed by atoms with Crippen LogP contribution in [0.15, 0.2) is 43.0 Å². The summed E-state index contributed by atoms with van der Waals surface area (Å²) in [6, 6.07) is 8.33. The summed E-state index contributed by atoms with van der Waals surface area (Å²) in [5.41, 5.74) is 7.40. The van der Waals surface area contributed by atoms with E-state index < -0.39 is 18.4 Å². The van der Waals surface area contributed by atoms with Crippen LogP contribution in [0.1, 0.15) is 29.9 Å². The molecule has 4 atom stereocenters. The molecule has 4 rings (SSSR count). The van der Waals surface area contributed by atoms with Crippen LogP contribution in [0.2, 0.25) is 0 Å². The fourth-order valence-corrected chi connectivity index (χ4v) is 3.26. The van der Waals surface area contributed by atoms with Gasteiger partial charge in [-0.3, -0.25) is 9.36 Å². The van der Waals surface area contributed by atoms with E-state index in [1.54, 1.807) is 28.8 Å². The third kappa shape index (κ3) is 3.05. The Kier molecular flexibility index (Phi) is 4.56. The second kappa shape index (κ2) is 7.03. The molecule has 3 heterocycles. The van der Waals surface area contributed by atoms with Gasteiger partial charge in [-0.15, -0.1) is 0 Å². The van der Waals surface area contributed by atoms with Crippen LogP contribution in [-0.2, 0) is 4.74 Å². The van der Waals surface area contributed by atoms with Crippen LogP contribution < -0.4 is 11.1 Å². The van der Waals surface area contributed by atoms with Crippen LogP contribution in [0, 0.1) is 0 Å². The van der Waals surface area contributed by atoms with Crippen molar-refractivity contribution in [2.75, 3.05) is 5.32 Å². The highest BCUT2D eigenvalue weighted by molar-refractivity contribution is 6.06. The van der Waals surface area contributed by atoms with Gasteiger partial charge in [0, 0.05) is 5.56 Å². The predicted octanol–water partition coefficient (Wildman–Crippen LogP) is 1.07. The van der Waals surface area contributed by atoms with E-state index in [-0.39, 0.29) is 17.8 Å². The van der Waals surface area contributed by atoms with E-state index in [0.717, 1.165) is 0 Å². The summed E-state index contributed by atoms with van der Waals surface area (Å²) < 4.78 is 7.50. The number of nitrogens with zero attached hydrogens (tertiary/aromatic N) is 4. The minimum Gasteiger partial charge on any atom is -0.387 e. The van der Waals surface area contributed by atoms with Crippen molar-refractivity contribution in [3.8, 4) is 0 Å². The van der Waals surface area contributed by atoms with E-state index >= 15 is 0 Å². The zero-order valence-electron chi connectivity index (χ0n) is 14.7. The zero-order valence-corrected chi connectivity index (χ0v) is 14.7. The molecule has 0 spiro atoms. The Hall–Kier alpha value is -2.88. The molecule has 4 N–H and O–H groups in total. The van der Waals surface area contributed by atoms with Crippen molar-refractivity contribution in [1.82, 2.24) is 19.5 Å². The van der Waals surface area contributed by atoms with Crippen LogP contribution in [0.25, 0.3) is 11.2 Å². The number of anilines is 1. The Morgan fingerprint density at radius 2 is 2.07 bits per heavy atom. The first-order chi connectivity index (χ1) is 13.1. The fraction of sp³-hybridized carbons (Fsp3) is 0.333. The van der Waals surface area contributed by atoms with E-state index in [4.69, 9.17) is 10.5 Å². The summed E-state index contributed by atoms with van der Waals surface area (Å²) in [6.45, 7) is 1.95. The third-order valence-electron chi connectivity index (χ3n) is 4.73. The van der Waals surface area contributed by atoms with Crippen molar-refractivity contribution in [3.63, 3.8) is 0 Å². The second-order valence-corrected chi connectivity index (χ2v) is 6.41. The molecule has 0 aliphatic carbocycles. The molecule has 9 heteroatoms. The number of aliphatic hydroxyl groups excluding tert-OH is 1. The Morgan fingerprint density at radius 3 is 2.78 bits per heavy atom. The zero-order chi connectivity index (χ0) is 19.0. The number of imidazole rings is 1. The van der Waals surface area contributed by atoms with Gasteiger partial charge < -0.3 is 20.9 Å². The number of hydrogen-bond acceptors (Lipinski definition) is 7. The molecule has 0 unspecified atom stereocenters. The standard InChI is InChI=1S/C18H20N6O3/c1-2-11-12(19)14(25)18(27-11)24-9-22-13-15(20-8-21-16(13)24)23-17(26)10-6-4-3-5-7-10/h3-9,11-12,14,18,25H,2,19H2,1H3,(H,20,21,23,26)/t11-,12-,14-,18-/m1/s1. The topological polar surface area (TPSA) is 128 Å². The molecule has 0 radical (unpaired) electrons. The first-order valence-electron chi connectivity index (χ1n) is 8.73. The van der Waals surface area contributed by atoms with Crippen molar-refractivity contribution in [2.45, 2.75) is 37.8 Å². The molecule has 3 aromatic rings. The number of ether oxygens (including phenoxy) is 1. The number of aliphatic hydroxyl groups is 1. The maximum atomic E-state index is 12.4. The lowest BCUT2D eigenvalue weighted by molar-refractivity contribution is -0.0355. The van der Waals surface area contributed by atoms with Gasteiger partial charge in [-0.25, -0.2) is 15.0 Å². The quantitative estimate of drug-likeness (QED) is 0.628. The van der Waals surface area contributed by atoms with Gasteiger partial charge in [0.25, 0.3) is 5.91 Å². The number of carbonyl (C=O) groups is 1. The predicted molar refractivity (Wildman–Crippen MR) is 97.9 cm³/mol. The average Bonchev–Trinajstić information content (AvgIpc) is 3.25. The maximum Gasteiger partial charge on any atom is 0.256 e. The number of hydrogen-bond donors (Lipinski definition) is 3. The van der Waals surface area contributed by atoms with E-state index in [1.807, 2.05) is 13.0 Å². The van der Waals surface area contributed by atoms with Crippen LogP contribution in [-0.4, -0.2) is 48.8 Å². The molecule has 0 bridgehead atoms. The van der Waals surface area contributed by atoms with Crippen LogP contribution in [0.5, 0.6) is 0 Å². The summed E-state index contributed by atoms with van der Waals surface area (Å²) in [6.07, 6.45) is 1.71. The fourth-order valence-electron chi connectivity index (χ4n) is 3.26. The number of rotatable bonds is 4. The van der Waals surface area contributed by atoms with Gasteiger partial charge >= 0.3 is 0 Å². The maximum absolute atomic E-state index is 12.4. The van der Waals surface area contributed by atoms with Gasteiger partial charge in [-0.05, 0) is 18.6 Å². The van der Waals surface area contributed by atoms with Gasteiger partial charge in [0.2, 0.25) is 0 Å². The van der Waals surface area contributed by atoms with Gasteiger partial charge in [0.15, 0.2) is 23.2 Å². The summed E-state index contributed by atoms with van der Waals surface area (Å²) in [5.74, 6) is -0.00759. The largest absolute Gasteiger partial charge is 0.387 e. The third-order valence-corrected chi connectivity index (χ3v) is 4.73. The minimum absolute atomic E-state index is 0.249. The SMILES string of the molecule is CC[C@H]1O[C@@H](n2cnc3c(NC(=O)c4ccccc4)ncnc32)[C@H](O)[C@@H]1N. The van der Waals surface area contributed by atoms with Gasteiger partial charge in [0.1, 0.15) is 12.4 Å². The molecule has 140 valence electrons. The Morgan fingerprint density at radius 1 is 1.30 bits per heavy atom. The van der Waals surface area contributed by atoms with E-state index in [0.29, 0.717) is 23.1 Å². The lowest BCUT2D eigenvalue weighted by Crippen LogP contribution is -2.39. The highest BCUT2D eigenvalue weighted by atomic mass is 16.5. The molecule has 1 aliphatic rings. The smallest absolute Gasteiger partial charge is 0.256 e. The molecular formula is C18H20N6O3. The highest BCUT2D eigenvalue weighted by Gasteiger charge is 2.42. The molecule has 1 amide bonds. The summed E-state index contributed by atoms with van der Waals surface area (Å²) in [4.78, 5) is 25.1. The molecule has 1 aromatic carbocycles. The van der Waals surface area contributed by atoms with Crippen LogP contribution in [0.4, 0.5) is 5.82 Å². The van der Waals surface area contributed by atoms with Crippen molar-refractivity contribution >= 4 is 22.9 Å². The molecule has 1 aliphatic heterocycles. The average molecular weight is 368 g/mol. The number of aromatic nitrogens is 4. The molecular weight excluding hydrogens is 348 g/mol. The first kappa shape index (κ1) is 17.5. The number of fused-ring (bicyclic) bond motifs is 1. The van der Waals surface area contributed by atoms with Crippen LogP contribution in [0.3, 0.4) is 0 Å². The Labute approximate surface area is 155 Å². The number of carbonyl (C=O) groups excluding carboxylic acids is 1. The Balaban J connectivity index is 1.65. The van der Waals surface area contributed by atoms with Gasteiger partial charge in [-0.2, -0.15) is 0 Å². The highest BCUT2D eigenvalue weighted by Crippen LogP contribution is 2.32. The van der Waals surface area contributed by atoms with E-state index in [2.05, 4.69) is 20.3 Å². The molecule has 2 aromatic heterocycles. The summed E-state index contributed by atoms with van der Waals surface area (Å²) >= 11 is 0. The lowest BCUT2D eigenvalue weighted by Gasteiger charge is -2.16. The summed E-state index contributed by atoms with van der Waals surface area (Å²) in [5, 5.41) is 13.2. The monoisotopic (exact) mass is 368 g/mol. The van der Waals surface area contributed by atoms with Gasteiger partial charge in [0.05, 0.1) is 18.5 Å². The van der Waals surface area contributed by atoms with E-state index in [1.165, 1.54) is 12.7 Å². The van der Waals surface area contributed by atoms with E-state index in [9.17, 15) is 9.90 Å². The molecule has 27 heavy (non-hydrogen) atoms. The second-order valence-electron chi connectivity index (χ2n) is 6.41. The molecule has 1 saturated heterocycles. The Bertz CT molecular complexity index is 960. The number of nitrogens with one attached hydrogen (secondary N) is 1. The van der Waals surface area contributed by atoms with Crippen molar-refractivity contribution in [3.05, 3.63) is 48.5 Å². The summed E-state index contributed by atoms with van der Waals surface area (Å²) in [7, 11) is 0. The number of nitrogens with two attached hydrogens (primary N) is 1. The minimum atomic E-state index is -0.885. The van der Waals surface area contributed by atoms with Crippen molar-refractivity contribution < 1.29 is 14.6 Å². The number of amides is 1. The number of benzene rings is 1. The molecule has 0 saturated carbocycles. The first-order valence-corrected chi connectivity index (χ1v) is 8.73. The van der Waals surface area contributed by atoms with Gasteiger partial charge in [-0.1, -0.05) is 25.1 Å². The molecule has 1 fully saturated rings. The normalized spacial score (nSPS) is 25.0. The molecule has 9 nitrogen and oxygen atoms in total. The van der Waals surface area contributed by atoms with Crippen LogP contribution >= 0.6 is 0 Å². The van der Waals surface area contributed by atoms with Crippen molar-refractivity contribution in [1.29, 1.82) is 0 Å².